The van der Waals surface area contributed by atoms with Crippen LogP contribution in [0.15, 0.2) is 18.2 Å². The van der Waals surface area contributed by atoms with Crippen LogP contribution in [0.2, 0.25) is 0 Å². The van der Waals surface area contributed by atoms with Crippen molar-refractivity contribution < 1.29 is 13.6 Å². The number of halogens is 3. The predicted molar refractivity (Wildman–Crippen MR) is 73.1 cm³/mol. The molecule has 0 spiro atoms. The molecule has 0 saturated carbocycles. The van der Waals surface area contributed by atoms with Crippen LogP contribution in [0, 0.1) is 17.6 Å². The highest BCUT2D eigenvalue weighted by molar-refractivity contribution is 9.09. The summed E-state index contributed by atoms with van der Waals surface area (Å²) in [7, 11) is 0. The molecule has 104 valence electrons. The Morgan fingerprint density at radius 1 is 1.42 bits per heavy atom. The van der Waals surface area contributed by atoms with Crippen molar-refractivity contribution in [1.82, 2.24) is 4.90 Å². The van der Waals surface area contributed by atoms with Gasteiger partial charge in [-0.05, 0) is 30.0 Å². The second-order valence-corrected chi connectivity index (χ2v) is 5.65. The Labute approximate surface area is 119 Å². The molecule has 1 fully saturated rings. The maximum absolute atomic E-state index is 13.1. The number of likely N-dealkylation sites (tertiary alicyclic amines) is 1. The quantitative estimate of drug-likeness (QED) is 0.779. The molecule has 0 radical (unpaired) electrons. The fourth-order valence-electron chi connectivity index (χ4n) is 2.48. The minimum atomic E-state index is -0.905. The standard InChI is InChI=1S/C14H16BrF2NO/c1-9-4-5-18(13(9)8-15)14(19)7-10-2-3-11(16)12(17)6-10/h2-3,6,9,13H,4-5,7-8H2,1H3. The van der Waals surface area contributed by atoms with E-state index >= 15 is 0 Å². The zero-order valence-electron chi connectivity index (χ0n) is 10.7. The summed E-state index contributed by atoms with van der Waals surface area (Å²) in [4.78, 5) is 14.0. The van der Waals surface area contributed by atoms with Crippen LogP contribution >= 0.6 is 15.9 Å². The fourth-order valence-corrected chi connectivity index (χ4v) is 3.47. The first-order valence-corrected chi connectivity index (χ1v) is 7.44. The summed E-state index contributed by atoms with van der Waals surface area (Å²) in [5.41, 5.74) is 0.511. The van der Waals surface area contributed by atoms with Gasteiger partial charge in [0.25, 0.3) is 0 Å². The largest absolute Gasteiger partial charge is 0.338 e. The van der Waals surface area contributed by atoms with Gasteiger partial charge in [0, 0.05) is 17.9 Å². The number of carbonyl (C=O) groups is 1. The minimum absolute atomic E-state index is 0.0280. The molecule has 1 aromatic rings. The molecule has 2 rings (SSSR count). The molecule has 19 heavy (non-hydrogen) atoms. The molecular weight excluding hydrogens is 316 g/mol. The smallest absolute Gasteiger partial charge is 0.227 e. The Hall–Kier alpha value is -0.970. The molecule has 5 heteroatoms. The van der Waals surface area contributed by atoms with Gasteiger partial charge in [-0.25, -0.2) is 8.78 Å². The van der Waals surface area contributed by atoms with Crippen molar-refractivity contribution >= 4 is 21.8 Å². The lowest BCUT2D eigenvalue weighted by Crippen LogP contribution is -2.39. The molecule has 2 atom stereocenters. The number of rotatable bonds is 3. The van der Waals surface area contributed by atoms with Gasteiger partial charge in [-0.2, -0.15) is 0 Å². The van der Waals surface area contributed by atoms with Crippen molar-refractivity contribution in [2.45, 2.75) is 25.8 Å². The highest BCUT2D eigenvalue weighted by Crippen LogP contribution is 2.26. The van der Waals surface area contributed by atoms with Crippen molar-refractivity contribution in [1.29, 1.82) is 0 Å². The third kappa shape index (κ3) is 3.14. The summed E-state index contributed by atoms with van der Waals surface area (Å²) in [6.45, 7) is 2.86. The first kappa shape index (κ1) is 14.4. The van der Waals surface area contributed by atoms with Crippen molar-refractivity contribution in [2.24, 2.45) is 5.92 Å². The van der Waals surface area contributed by atoms with Crippen LogP contribution < -0.4 is 0 Å². The summed E-state index contributed by atoms with van der Waals surface area (Å²) in [6, 6.07) is 3.80. The Balaban J connectivity index is 2.06. The normalized spacial score (nSPS) is 22.8. The maximum atomic E-state index is 13.1. The Kier molecular flexibility index (Phi) is 4.55. The summed E-state index contributed by atoms with van der Waals surface area (Å²) in [6.07, 6.45) is 1.10. The van der Waals surface area contributed by atoms with E-state index in [4.69, 9.17) is 0 Å². The van der Waals surface area contributed by atoms with Crippen LogP contribution in [0.1, 0.15) is 18.9 Å². The molecule has 1 aliphatic rings. The van der Waals surface area contributed by atoms with Gasteiger partial charge in [-0.3, -0.25) is 4.79 Å². The lowest BCUT2D eigenvalue weighted by molar-refractivity contribution is -0.131. The van der Waals surface area contributed by atoms with Crippen LogP contribution in [0.5, 0.6) is 0 Å². The van der Waals surface area contributed by atoms with Crippen LogP contribution in [0.25, 0.3) is 0 Å². The van der Waals surface area contributed by atoms with E-state index in [0.29, 0.717) is 11.5 Å². The number of hydrogen-bond acceptors (Lipinski definition) is 1. The zero-order chi connectivity index (χ0) is 14.0. The highest BCUT2D eigenvalue weighted by Gasteiger charge is 2.33. The maximum Gasteiger partial charge on any atom is 0.227 e. The third-order valence-electron chi connectivity index (χ3n) is 3.70. The van der Waals surface area contributed by atoms with E-state index in [-0.39, 0.29) is 18.4 Å². The summed E-state index contributed by atoms with van der Waals surface area (Å²) >= 11 is 3.43. The van der Waals surface area contributed by atoms with Gasteiger partial charge in [0.1, 0.15) is 0 Å². The molecular formula is C14H16BrF2NO. The Bertz CT molecular complexity index is 481. The minimum Gasteiger partial charge on any atom is -0.338 e. The number of hydrogen-bond donors (Lipinski definition) is 0. The van der Waals surface area contributed by atoms with Crippen molar-refractivity contribution in [2.75, 3.05) is 11.9 Å². The van der Waals surface area contributed by atoms with Crippen LogP contribution in [0.4, 0.5) is 8.78 Å². The molecule has 2 nitrogen and oxygen atoms in total. The van der Waals surface area contributed by atoms with E-state index in [2.05, 4.69) is 22.9 Å². The van der Waals surface area contributed by atoms with Crippen molar-refractivity contribution in [3.8, 4) is 0 Å². The Morgan fingerprint density at radius 2 is 2.16 bits per heavy atom. The van der Waals surface area contributed by atoms with Gasteiger partial charge in [-0.1, -0.05) is 28.9 Å². The van der Waals surface area contributed by atoms with Gasteiger partial charge < -0.3 is 4.90 Å². The van der Waals surface area contributed by atoms with Gasteiger partial charge in [0.2, 0.25) is 5.91 Å². The predicted octanol–water partition coefficient (Wildman–Crippen LogP) is 3.14. The van der Waals surface area contributed by atoms with Gasteiger partial charge in [0.15, 0.2) is 11.6 Å². The third-order valence-corrected chi connectivity index (χ3v) is 4.36. The highest BCUT2D eigenvalue weighted by atomic mass is 79.9. The molecule has 0 bridgehead atoms. The number of amides is 1. The number of carbonyl (C=O) groups excluding carboxylic acids is 1. The van der Waals surface area contributed by atoms with Gasteiger partial charge in [-0.15, -0.1) is 0 Å². The van der Waals surface area contributed by atoms with Crippen molar-refractivity contribution in [3.05, 3.63) is 35.4 Å². The van der Waals surface area contributed by atoms with Gasteiger partial charge in [0.05, 0.1) is 6.42 Å². The van der Waals surface area contributed by atoms with E-state index in [1.54, 1.807) is 0 Å². The lowest BCUT2D eigenvalue weighted by Gasteiger charge is -2.25. The second-order valence-electron chi connectivity index (χ2n) is 5.00. The van der Waals surface area contributed by atoms with E-state index in [1.165, 1.54) is 6.07 Å². The van der Waals surface area contributed by atoms with Crippen LogP contribution in [-0.4, -0.2) is 28.7 Å². The lowest BCUT2D eigenvalue weighted by atomic mass is 10.0. The molecule has 2 unspecified atom stereocenters. The molecule has 0 N–H and O–H groups in total. The zero-order valence-corrected chi connectivity index (χ0v) is 12.3. The molecule has 1 amide bonds. The van der Waals surface area contributed by atoms with E-state index in [9.17, 15) is 13.6 Å². The molecule has 0 aromatic heterocycles. The average Bonchev–Trinajstić information content (AvgIpc) is 2.75. The number of benzene rings is 1. The van der Waals surface area contributed by atoms with E-state index < -0.39 is 11.6 Å². The Morgan fingerprint density at radius 3 is 2.79 bits per heavy atom. The fraction of sp³-hybridized carbons (Fsp3) is 0.500. The molecule has 1 aromatic carbocycles. The summed E-state index contributed by atoms with van der Waals surface area (Å²) in [5.74, 6) is -1.35. The van der Waals surface area contributed by atoms with E-state index in [0.717, 1.165) is 30.4 Å². The average molecular weight is 332 g/mol. The molecule has 1 saturated heterocycles. The molecule has 1 aliphatic heterocycles. The first-order valence-electron chi connectivity index (χ1n) is 6.32. The molecule has 1 heterocycles. The van der Waals surface area contributed by atoms with E-state index in [1.807, 2.05) is 4.90 Å². The van der Waals surface area contributed by atoms with Crippen LogP contribution in [-0.2, 0) is 11.2 Å². The first-order chi connectivity index (χ1) is 9.02. The SMILES string of the molecule is CC1CCN(C(=O)Cc2ccc(F)c(F)c2)C1CBr. The summed E-state index contributed by atoms with van der Waals surface area (Å²) in [5, 5.41) is 0.748. The van der Waals surface area contributed by atoms with Gasteiger partial charge >= 0.3 is 0 Å². The monoisotopic (exact) mass is 331 g/mol. The van der Waals surface area contributed by atoms with Crippen molar-refractivity contribution in [3.63, 3.8) is 0 Å². The molecule has 0 aliphatic carbocycles. The summed E-state index contributed by atoms with van der Waals surface area (Å²) < 4.78 is 25.9. The van der Waals surface area contributed by atoms with Crippen LogP contribution in [0.3, 0.4) is 0 Å². The number of alkyl halides is 1. The number of nitrogens with zero attached hydrogens (tertiary/aromatic N) is 1. The second kappa shape index (κ2) is 5.99. The topological polar surface area (TPSA) is 20.3 Å².